The highest BCUT2D eigenvalue weighted by Gasteiger charge is 2.13. The molecule has 2 amide bonds. The van der Waals surface area contributed by atoms with Crippen molar-refractivity contribution in [3.63, 3.8) is 0 Å². The van der Waals surface area contributed by atoms with Crippen LogP contribution in [-0.4, -0.2) is 6.03 Å². The second-order valence-corrected chi connectivity index (χ2v) is 4.28. The van der Waals surface area contributed by atoms with E-state index in [1.165, 1.54) is 0 Å². The zero-order valence-electron chi connectivity index (χ0n) is 11.0. The van der Waals surface area contributed by atoms with Crippen LogP contribution in [0, 0.1) is 12.3 Å². The van der Waals surface area contributed by atoms with Gasteiger partial charge in [-0.3, -0.25) is 0 Å². The van der Waals surface area contributed by atoms with Gasteiger partial charge in [-0.15, -0.1) is 12.3 Å². The van der Waals surface area contributed by atoms with E-state index in [0.717, 1.165) is 5.56 Å². The van der Waals surface area contributed by atoms with Crippen molar-refractivity contribution in [1.82, 2.24) is 10.6 Å². The van der Waals surface area contributed by atoms with Crippen LogP contribution >= 0.6 is 0 Å². The normalized spacial score (nSPS) is 11.3. The zero-order chi connectivity index (χ0) is 14.2. The second-order valence-electron chi connectivity index (χ2n) is 4.28. The van der Waals surface area contributed by atoms with Gasteiger partial charge in [-0.25, -0.2) is 4.79 Å². The fraction of sp³-hybridized carbons (Fsp3) is 0.188. The van der Waals surface area contributed by atoms with Gasteiger partial charge in [0.1, 0.15) is 5.76 Å². The molecule has 0 unspecified atom stereocenters. The van der Waals surface area contributed by atoms with E-state index in [4.69, 9.17) is 10.8 Å². The molecule has 0 saturated carbocycles. The highest BCUT2D eigenvalue weighted by Crippen LogP contribution is 2.15. The van der Waals surface area contributed by atoms with Crippen molar-refractivity contribution < 1.29 is 9.21 Å². The summed E-state index contributed by atoms with van der Waals surface area (Å²) in [6.45, 7) is 0.344. The summed E-state index contributed by atoms with van der Waals surface area (Å²) in [5, 5.41) is 5.59. The van der Waals surface area contributed by atoms with Gasteiger partial charge in [0.25, 0.3) is 0 Å². The van der Waals surface area contributed by atoms with E-state index in [1.54, 1.807) is 18.4 Å². The number of rotatable bonds is 5. The van der Waals surface area contributed by atoms with E-state index in [0.29, 0.717) is 18.7 Å². The monoisotopic (exact) mass is 268 g/mol. The summed E-state index contributed by atoms with van der Waals surface area (Å²) in [6, 6.07) is 12.7. The summed E-state index contributed by atoms with van der Waals surface area (Å²) >= 11 is 0. The fourth-order valence-electron chi connectivity index (χ4n) is 1.85. The first-order chi connectivity index (χ1) is 9.79. The van der Waals surface area contributed by atoms with Gasteiger partial charge >= 0.3 is 6.03 Å². The van der Waals surface area contributed by atoms with Crippen molar-refractivity contribution in [2.75, 3.05) is 0 Å². The summed E-state index contributed by atoms with van der Waals surface area (Å²) in [5.74, 6) is 3.28. The van der Waals surface area contributed by atoms with E-state index < -0.39 is 0 Å². The molecule has 102 valence electrons. The molecule has 0 aliphatic rings. The molecule has 2 rings (SSSR count). The van der Waals surface area contributed by atoms with Crippen molar-refractivity contribution in [3.05, 3.63) is 60.1 Å². The van der Waals surface area contributed by atoms with E-state index in [1.807, 2.05) is 30.3 Å². The summed E-state index contributed by atoms with van der Waals surface area (Å²) < 4.78 is 5.15. The van der Waals surface area contributed by atoms with Crippen LogP contribution < -0.4 is 10.6 Å². The highest BCUT2D eigenvalue weighted by molar-refractivity contribution is 5.74. The van der Waals surface area contributed by atoms with Gasteiger partial charge in [0.05, 0.1) is 18.8 Å². The van der Waals surface area contributed by atoms with Gasteiger partial charge in [-0.1, -0.05) is 30.3 Å². The average molecular weight is 268 g/mol. The molecule has 1 aromatic carbocycles. The van der Waals surface area contributed by atoms with Gasteiger partial charge in [0, 0.05) is 6.42 Å². The third kappa shape index (κ3) is 3.92. The number of amides is 2. The lowest BCUT2D eigenvalue weighted by Crippen LogP contribution is -2.37. The SMILES string of the molecule is C#CC[C@@H](NC(=O)NCc1ccco1)c1ccccc1. The minimum atomic E-state index is -0.273. The maximum atomic E-state index is 11.9. The van der Waals surface area contributed by atoms with Crippen molar-refractivity contribution in [2.45, 2.75) is 19.0 Å². The first kappa shape index (κ1) is 13.8. The van der Waals surface area contributed by atoms with Crippen molar-refractivity contribution in [3.8, 4) is 12.3 Å². The van der Waals surface area contributed by atoms with Crippen molar-refractivity contribution in [2.24, 2.45) is 0 Å². The summed E-state index contributed by atoms with van der Waals surface area (Å²) in [6.07, 6.45) is 7.37. The smallest absolute Gasteiger partial charge is 0.315 e. The van der Waals surface area contributed by atoms with Crippen molar-refractivity contribution in [1.29, 1.82) is 0 Å². The summed E-state index contributed by atoms with van der Waals surface area (Å²) in [4.78, 5) is 11.9. The Hall–Kier alpha value is -2.67. The molecule has 20 heavy (non-hydrogen) atoms. The standard InChI is InChI=1S/C16H16N2O2/c1-2-7-15(13-8-4-3-5-9-13)18-16(19)17-12-14-10-6-11-20-14/h1,3-6,8-11,15H,7,12H2,(H2,17,18,19)/t15-/m1/s1. The fourth-order valence-corrected chi connectivity index (χ4v) is 1.85. The number of nitrogens with one attached hydrogen (secondary N) is 2. The Kier molecular flexibility index (Phi) is 4.85. The van der Waals surface area contributed by atoms with Crippen LogP contribution in [0.25, 0.3) is 0 Å². The second kappa shape index (κ2) is 7.05. The lowest BCUT2D eigenvalue weighted by Gasteiger charge is -2.17. The lowest BCUT2D eigenvalue weighted by molar-refractivity contribution is 0.236. The van der Waals surface area contributed by atoms with Gasteiger partial charge in [0.2, 0.25) is 0 Å². The number of urea groups is 1. The maximum absolute atomic E-state index is 11.9. The number of hydrogen-bond donors (Lipinski definition) is 2. The van der Waals surface area contributed by atoms with Crippen LogP contribution in [0.15, 0.2) is 53.1 Å². The molecule has 0 aliphatic carbocycles. The number of terminal acetylenes is 1. The van der Waals surface area contributed by atoms with Gasteiger partial charge < -0.3 is 15.1 Å². The largest absolute Gasteiger partial charge is 0.467 e. The van der Waals surface area contributed by atoms with Gasteiger partial charge in [0.15, 0.2) is 0 Å². The maximum Gasteiger partial charge on any atom is 0.315 e. The number of furan rings is 1. The van der Waals surface area contributed by atoms with Crippen LogP contribution in [0.3, 0.4) is 0 Å². The number of carbonyl (C=O) groups excluding carboxylic acids is 1. The molecule has 0 saturated heterocycles. The van der Waals surface area contributed by atoms with Crippen LogP contribution in [-0.2, 0) is 6.54 Å². The van der Waals surface area contributed by atoms with Crippen LogP contribution in [0.5, 0.6) is 0 Å². The lowest BCUT2D eigenvalue weighted by atomic mass is 10.0. The molecule has 1 heterocycles. The quantitative estimate of drug-likeness (QED) is 0.819. The Balaban J connectivity index is 1.91. The molecular formula is C16H16N2O2. The zero-order valence-corrected chi connectivity index (χ0v) is 11.0. The van der Waals surface area contributed by atoms with Crippen LogP contribution in [0.1, 0.15) is 23.8 Å². The molecule has 0 spiro atoms. The van der Waals surface area contributed by atoms with E-state index >= 15 is 0 Å². The molecule has 1 aromatic heterocycles. The predicted octanol–water partition coefficient (Wildman–Crippen LogP) is 2.84. The molecule has 0 bridgehead atoms. The molecule has 2 N–H and O–H groups in total. The molecule has 0 radical (unpaired) electrons. The summed E-state index contributed by atoms with van der Waals surface area (Å²) in [5.41, 5.74) is 0.985. The summed E-state index contributed by atoms with van der Waals surface area (Å²) in [7, 11) is 0. The Morgan fingerprint density at radius 3 is 2.70 bits per heavy atom. The van der Waals surface area contributed by atoms with Gasteiger partial charge in [-0.05, 0) is 17.7 Å². The Bertz CT molecular complexity index is 570. The number of hydrogen-bond acceptors (Lipinski definition) is 2. The Morgan fingerprint density at radius 1 is 1.25 bits per heavy atom. The molecule has 4 nitrogen and oxygen atoms in total. The minimum absolute atomic E-state index is 0.196. The molecular weight excluding hydrogens is 252 g/mol. The topological polar surface area (TPSA) is 54.3 Å². The first-order valence-electron chi connectivity index (χ1n) is 6.34. The highest BCUT2D eigenvalue weighted by atomic mass is 16.3. The van der Waals surface area contributed by atoms with E-state index in [9.17, 15) is 4.79 Å². The van der Waals surface area contributed by atoms with Crippen molar-refractivity contribution >= 4 is 6.03 Å². The molecule has 4 heteroatoms. The van der Waals surface area contributed by atoms with E-state index in [-0.39, 0.29) is 12.1 Å². The Labute approximate surface area is 118 Å². The van der Waals surface area contributed by atoms with Gasteiger partial charge in [-0.2, -0.15) is 0 Å². The third-order valence-electron chi connectivity index (χ3n) is 2.83. The minimum Gasteiger partial charge on any atom is -0.467 e. The van der Waals surface area contributed by atoms with E-state index in [2.05, 4.69) is 16.6 Å². The first-order valence-corrected chi connectivity index (χ1v) is 6.34. The average Bonchev–Trinajstić information content (AvgIpc) is 2.99. The molecule has 2 aromatic rings. The number of carbonyl (C=O) groups is 1. The third-order valence-corrected chi connectivity index (χ3v) is 2.83. The molecule has 0 fully saturated rings. The number of benzene rings is 1. The van der Waals surface area contributed by atoms with Crippen LogP contribution in [0.4, 0.5) is 4.79 Å². The van der Waals surface area contributed by atoms with Crippen LogP contribution in [0.2, 0.25) is 0 Å². The molecule has 0 aliphatic heterocycles. The molecule has 1 atom stereocenters. The predicted molar refractivity (Wildman–Crippen MR) is 76.7 cm³/mol. The Morgan fingerprint density at radius 2 is 2.05 bits per heavy atom.